The van der Waals surface area contributed by atoms with E-state index in [1.807, 2.05) is 4.90 Å². The molecule has 0 aromatic heterocycles. The molecule has 2 aliphatic heterocycles. The largest absolute Gasteiger partial charge is 0.336 e. The van der Waals surface area contributed by atoms with E-state index in [0.717, 1.165) is 13.1 Å². The van der Waals surface area contributed by atoms with Gasteiger partial charge in [-0.1, -0.05) is 0 Å². The average molecular weight is 235 g/mol. The fraction of sp³-hybridized carbons (Fsp3) is 0.769. The first-order valence-electron chi connectivity index (χ1n) is 6.37. The molecule has 4 nitrogen and oxygen atoms in total. The van der Waals surface area contributed by atoms with Gasteiger partial charge in [0.15, 0.2) is 0 Å². The second-order valence-electron chi connectivity index (χ2n) is 5.15. The number of hydrogen-bond acceptors (Lipinski definition) is 3. The van der Waals surface area contributed by atoms with E-state index in [9.17, 15) is 4.79 Å². The van der Waals surface area contributed by atoms with Crippen LogP contribution in [0.3, 0.4) is 0 Å². The van der Waals surface area contributed by atoms with Crippen LogP contribution in [0.5, 0.6) is 0 Å². The van der Waals surface area contributed by atoms with Gasteiger partial charge in [0.1, 0.15) is 0 Å². The van der Waals surface area contributed by atoms with E-state index in [1.165, 1.54) is 19.4 Å². The Labute approximate surface area is 103 Å². The van der Waals surface area contributed by atoms with Crippen LogP contribution < -0.4 is 5.73 Å². The van der Waals surface area contributed by atoms with Crippen molar-refractivity contribution in [1.29, 1.82) is 0 Å². The summed E-state index contributed by atoms with van der Waals surface area (Å²) < 4.78 is 0. The minimum atomic E-state index is -0.532. The predicted octanol–water partition coefficient (Wildman–Crippen LogP) is 0.0321. The standard InChI is InChI=1S/C13H21N3O/c1-3-5-12(14)13(17)16-9-11-6-4-7-15(11)8-10(16)2/h1,10-12H,4-9,14H2,2H3. The molecule has 1 amide bonds. The lowest BCUT2D eigenvalue weighted by Crippen LogP contribution is -2.59. The fourth-order valence-corrected chi connectivity index (χ4v) is 2.92. The van der Waals surface area contributed by atoms with Crippen molar-refractivity contribution in [3.05, 3.63) is 0 Å². The van der Waals surface area contributed by atoms with Crippen molar-refractivity contribution in [3.63, 3.8) is 0 Å². The van der Waals surface area contributed by atoms with Gasteiger partial charge >= 0.3 is 0 Å². The molecule has 2 N–H and O–H groups in total. The second-order valence-corrected chi connectivity index (χ2v) is 5.15. The number of rotatable bonds is 2. The van der Waals surface area contributed by atoms with Crippen molar-refractivity contribution in [3.8, 4) is 12.3 Å². The topological polar surface area (TPSA) is 49.6 Å². The van der Waals surface area contributed by atoms with Crippen LogP contribution in [0, 0.1) is 12.3 Å². The van der Waals surface area contributed by atoms with E-state index in [4.69, 9.17) is 12.2 Å². The van der Waals surface area contributed by atoms with E-state index in [0.29, 0.717) is 12.5 Å². The van der Waals surface area contributed by atoms with E-state index in [2.05, 4.69) is 17.7 Å². The summed E-state index contributed by atoms with van der Waals surface area (Å²) in [4.78, 5) is 16.6. The van der Waals surface area contributed by atoms with Crippen LogP contribution in [0.25, 0.3) is 0 Å². The maximum Gasteiger partial charge on any atom is 0.240 e. The van der Waals surface area contributed by atoms with E-state index in [-0.39, 0.29) is 11.9 Å². The first-order chi connectivity index (χ1) is 8.13. The molecule has 2 heterocycles. The van der Waals surface area contributed by atoms with Crippen LogP contribution >= 0.6 is 0 Å². The van der Waals surface area contributed by atoms with Crippen molar-refractivity contribution in [1.82, 2.24) is 9.80 Å². The highest BCUT2D eigenvalue weighted by Crippen LogP contribution is 2.24. The molecule has 2 saturated heterocycles. The summed E-state index contributed by atoms with van der Waals surface area (Å²) >= 11 is 0. The zero-order chi connectivity index (χ0) is 12.4. The Morgan fingerprint density at radius 2 is 2.35 bits per heavy atom. The van der Waals surface area contributed by atoms with Crippen molar-refractivity contribution < 1.29 is 4.79 Å². The van der Waals surface area contributed by atoms with Gasteiger partial charge in [0.2, 0.25) is 5.91 Å². The average Bonchev–Trinajstić information content (AvgIpc) is 2.74. The zero-order valence-electron chi connectivity index (χ0n) is 10.4. The SMILES string of the molecule is C#CCC(N)C(=O)N1CC2CCCN2CC1C. The minimum Gasteiger partial charge on any atom is -0.336 e. The minimum absolute atomic E-state index is 0.0157. The van der Waals surface area contributed by atoms with Gasteiger partial charge in [0.25, 0.3) is 0 Å². The normalized spacial score (nSPS) is 30.8. The van der Waals surface area contributed by atoms with Crippen LogP contribution in [0.1, 0.15) is 26.2 Å². The molecule has 0 spiro atoms. The van der Waals surface area contributed by atoms with Crippen molar-refractivity contribution in [2.45, 2.75) is 44.3 Å². The first kappa shape index (κ1) is 12.4. The number of carbonyl (C=O) groups is 1. The predicted molar refractivity (Wildman–Crippen MR) is 67.2 cm³/mol. The van der Waals surface area contributed by atoms with Gasteiger partial charge in [-0.05, 0) is 26.3 Å². The van der Waals surface area contributed by atoms with E-state index < -0.39 is 6.04 Å². The van der Waals surface area contributed by atoms with Gasteiger partial charge < -0.3 is 10.6 Å². The maximum absolute atomic E-state index is 12.2. The Morgan fingerprint density at radius 1 is 1.59 bits per heavy atom. The highest BCUT2D eigenvalue weighted by Gasteiger charge is 2.37. The molecule has 0 aromatic carbocycles. The lowest BCUT2D eigenvalue weighted by atomic mass is 10.1. The molecule has 17 heavy (non-hydrogen) atoms. The third kappa shape index (κ3) is 2.46. The van der Waals surface area contributed by atoms with Crippen LogP contribution in [0.2, 0.25) is 0 Å². The Morgan fingerprint density at radius 3 is 3.06 bits per heavy atom. The van der Waals surface area contributed by atoms with Gasteiger partial charge in [0.05, 0.1) is 6.04 Å². The first-order valence-corrected chi connectivity index (χ1v) is 6.37. The number of amides is 1. The highest BCUT2D eigenvalue weighted by atomic mass is 16.2. The number of terminal acetylenes is 1. The molecule has 0 aliphatic carbocycles. The maximum atomic E-state index is 12.2. The lowest BCUT2D eigenvalue weighted by molar-refractivity contribution is -0.138. The fourth-order valence-electron chi connectivity index (χ4n) is 2.92. The Balaban J connectivity index is 2.00. The molecule has 3 atom stereocenters. The zero-order valence-corrected chi connectivity index (χ0v) is 10.4. The summed E-state index contributed by atoms with van der Waals surface area (Å²) in [7, 11) is 0. The highest BCUT2D eigenvalue weighted by molar-refractivity contribution is 5.82. The molecule has 2 fully saturated rings. The van der Waals surface area contributed by atoms with Gasteiger partial charge in [-0.3, -0.25) is 9.69 Å². The van der Waals surface area contributed by atoms with Gasteiger partial charge in [-0.25, -0.2) is 0 Å². The molecule has 0 saturated carbocycles. The van der Waals surface area contributed by atoms with Crippen molar-refractivity contribution in [2.24, 2.45) is 5.73 Å². The summed E-state index contributed by atoms with van der Waals surface area (Å²) in [5.74, 6) is 2.48. The van der Waals surface area contributed by atoms with Crippen molar-refractivity contribution in [2.75, 3.05) is 19.6 Å². The third-order valence-corrected chi connectivity index (χ3v) is 3.88. The number of nitrogens with zero attached hydrogens (tertiary/aromatic N) is 2. The number of fused-ring (bicyclic) bond motifs is 1. The van der Waals surface area contributed by atoms with Crippen LogP contribution in [0.4, 0.5) is 0 Å². The summed E-state index contributed by atoms with van der Waals surface area (Å²) in [5, 5.41) is 0. The number of hydrogen-bond donors (Lipinski definition) is 1. The molecule has 2 rings (SSSR count). The summed E-state index contributed by atoms with van der Waals surface area (Å²) in [6, 6.07) is 0.254. The summed E-state index contributed by atoms with van der Waals surface area (Å²) in [6.07, 6.45) is 7.98. The molecule has 0 radical (unpaired) electrons. The second kappa shape index (κ2) is 5.07. The van der Waals surface area contributed by atoms with Gasteiger partial charge in [0, 0.05) is 31.6 Å². The smallest absolute Gasteiger partial charge is 0.240 e. The van der Waals surface area contributed by atoms with Crippen LogP contribution in [-0.4, -0.2) is 53.5 Å². The van der Waals surface area contributed by atoms with Crippen LogP contribution in [-0.2, 0) is 4.79 Å². The molecular weight excluding hydrogens is 214 g/mol. The van der Waals surface area contributed by atoms with Crippen molar-refractivity contribution >= 4 is 5.91 Å². The molecular formula is C13H21N3O. The van der Waals surface area contributed by atoms with E-state index in [1.54, 1.807) is 0 Å². The molecule has 4 heteroatoms. The number of piperazine rings is 1. The number of nitrogens with two attached hydrogens (primary N) is 1. The number of carbonyl (C=O) groups excluding carboxylic acids is 1. The quantitative estimate of drug-likeness (QED) is 0.687. The molecule has 0 aromatic rings. The Bertz CT molecular complexity index is 336. The summed E-state index contributed by atoms with van der Waals surface area (Å²) in [6.45, 7) is 5.06. The van der Waals surface area contributed by atoms with Crippen LogP contribution in [0.15, 0.2) is 0 Å². The molecule has 94 valence electrons. The summed E-state index contributed by atoms with van der Waals surface area (Å²) in [5.41, 5.74) is 5.81. The third-order valence-electron chi connectivity index (χ3n) is 3.88. The van der Waals surface area contributed by atoms with Gasteiger partial charge in [-0.2, -0.15) is 0 Å². The van der Waals surface area contributed by atoms with E-state index >= 15 is 0 Å². The Hall–Kier alpha value is -1.05. The lowest BCUT2D eigenvalue weighted by Gasteiger charge is -2.43. The molecule has 0 bridgehead atoms. The Kier molecular flexibility index (Phi) is 3.70. The van der Waals surface area contributed by atoms with Gasteiger partial charge in [-0.15, -0.1) is 12.3 Å². The molecule has 2 aliphatic rings. The molecule has 3 unspecified atom stereocenters. The monoisotopic (exact) mass is 235 g/mol.